The van der Waals surface area contributed by atoms with Gasteiger partial charge in [-0.3, -0.25) is 9.10 Å². The van der Waals surface area contributed by atoms with Crippen molar-refractivity contribution in [1.82, 2.24) is 5.32 Å². The van der Waals surface area contributed by atoms with Crippen molar-refractivity contribution < 1.29 is 22.7 Å². The van der Waals surface area contributed by atoms with Crippen molar-refractivity contribution >= 4 is 21.6 Å². The molecule has 0 unspecified atom stereocenters. The van der Waals surface area contributed by atoms with Crippen molar-refractivity contribution in [2.45, 2.75) is 26.7 Å². The van der Waals surface area contributed by atoms with Gasteiger partial charge in [0.1, 0.15) is 6.54 Å². The molecule has 0 bridgehead atoms. The molecule has 3 rings (SSSR count). The van der Waals surface area contributed by atoms with Crippen LogP contribution in [0.15, 0.2) is 42.5 Å². The maximum Gasteiger partial charge on any atom is 0.240 e. The van der Waals surface area contributed by atoms with Gasteiger partial charge >= 0.3 is 0 Å². The molecule has 1 aliphatic rings. The lowest BCUT2D eigenvalue weighted by atomic mass is 10.1. The van der Waals surface area contributed by atoms with Crippen LogP contribution >= 0.6 is 0 Å². The minimum absolute atomic E-state index is 0.0980. The van der Waals surface area contributed by atoms with E-state index < -0.39 is 10.0 Å². The molecule has 0 spiro atoms. The molecule has 29 heavy (non-hydrogen) atoms. The molecule has 0 aromatic heterocycles. The summed E-state index contributed by atoms with van der Waals surface area (Å²) >= 11 is 0. The molecule has 0 aliphatic carbocycles. The molecule has 1 aliphatic heterocycles. The highest BCUT2D eigenvalue weighted by Crippen LogP contribution is 2.36. The molecule has 1 N–H and O–H groups in total. The lowest BCUT2D eigenvalue weighted by molar-refractivity contribution is -0.119. The number of benzene rings is 2. The number of carbonyl (C=O) groups excluding carboxylic acids is 1. The second-order valence-electron chi connectivity index (χ2n) is 6.89. The molecule has 0 fully saturated rings. The standard InChI is InChI=1S/C21H26N2O5S/c1-3-29(25,26)23(18-9-10-19-20(13-18)28-15-27-19)14-21(24)22-11-5-8-17-7-4-6-16(2)12-17/h4,6-7,9-10,12-13H,3,5,8,11,14-15H2,1-2H3,(H,22,24). The topological polar surface area (TPSA) is 84.9 Å². The Morgan fingerprint density at radius 1 is 1.14 bits per heavy atom. The number of hydrogen-bond acceptors (Lipinski definition) is 5. The molecular weight excluding hydrogens is 392 g/mol. The van der Waals surface area contributed by atoms with Crippen molar-refractivity contribution in [2.75, 3.05) is 29.9 Å². The zero-order valence-electron chi connectivity index (χ0n) is 16.7. The second-order valence-corrected chi connectivity index (χ2v) is 9.07. The smallest absolute Gasteiger partial charge is 0.240 e. The molecule has 1 heterocycles. The van der Waals surface area contributed by atoms with Gasteiger partial charge in [0, 0.05) is 12.6 Å². The summed E-state index contributed by atoms with van der Waals surface area (Å²) < 4.78 is 36.8. The normalized spacial score (nSPS) is 12.6. The first-order chi connectivity index (χ1) is 13.9. The summed E-state index contributed by atoms with van der Waals surface area (Å²) in [5.41, 5.74) is 2.80. The molecule has 0 radical (unpaired) electrons. The minimum Gasteiger partial charge on any atom is -0.454 e. The maximum absolute atomic E-state index is 12.6. The predicted octanol–water partition coefficient (Wildman–Crippen LogP) is 2.63. The number of carbonyl (C=O) groups is 1. The van der Waals surface area contributed by atoms with Crippen LogP contribution in [0.25, 0.3) is 0 Å². The van der Waals surface area contributed by atoms with Crippen LogP contribution in [0.4, 0.5) is 5.69 Å². The summed E-state index contributed by atoms with van der Waals surface area (Å²) in [6, 6.07) is 13.1. The number of sulfonamides is 1. The van der Waals surface area contributed by atoms with E-state index in [4.69, 9.17) is 9.47 Å². The average Bonchev–Trinajstić information content (AvgIpc) is 3.17. The van der Waals surface area contributed by atoms with E-state index in [2.05, 4.69) is 17.4 Å². The number of rotatable bonds is 9. The van der Waals surface area contributed by atoms with Crippen molar-refractivity contribution in [3.63, 3.8) is 0 Å². The van der Waals surface area contributed by atoms with Gasteiger partial charge in [0.05, 0.1) is 11.4 Å². The third-order valence-corrected chi connectivity index (χ3v) is 6.42. The molecule has 2 aromatic carbocycles. The minimum atomic E-state index is -3.63. The third-order valence-electron chi connectivity index (χ3n) is 4.68. The molecule has 2 aromatic rings. The number of nitrogens with one attached hydrogen (secondary N) is 1. The van der Waals surface area contributed by atoms with E-state index in [9.17, 15) is 13.2 Å². The van der Waals surface area contributed by atoms with Crippen LogP contribution in [0.3, 0.4) is 0 Å². The van der Waals surface area contributed by atoms with Crippen LogP contribution in [0.2, 0.25) is 0 Å². The molecular formula is C21H26N2O5S. The Bertz CT molecular complexity index is 975. The fraction of sp³-hybridized carbons (Fsp3) is 0.381. The van der Waals surface area contributed by atoms with Crippen molar-refractivity contribution in [3.8, 4) is 11.5 Å². The highest BCUT2D eigenvalue weighted by molar-refractivity contribution is 7.92. The zero-order valence-corrected chi connectivity index (χ0v) is 17.5. The lowest BCUT2D eigenvalue weighted by Gasteiger charge is -2.23. The fourth-order valence-electron chi connectivity index (χ4n) is 3.12. The van der Waals surface area contributed by atoms with Gasteiger partial charge in [0.2, 0.25) is 22.7 Å². The Morgan fingerprint density at radius 2 is 1.93 bits per heavy atom. The summed E-state index contributed by atoms with van der Waals surface area (Å²) in [5, 5.41) is 2.82. The van der Waals surface area contributed by atoms with E-state index in [0.29, 0.717) is 23.7 Å². The number of hydrogen-bond donors (Lipinski definition) is 1. The molecule has 0 atom stereocenters. The Hall–Kier alpha value is -2.74. The van der Waals surface area contributed by atoms with Gasteiger partial charge in [-0.15, -0.1) is 0 Å². The van der Waals surface area contributed by atoms with Gasteiger partial charge in [-0.1, -0.05) is 29.8 Å². The first-order valence-corrected chi connectivity index (χ1v) is 11.2. The van der Waals surface area contributed by atoms with E-state index in [-0.39, 0.29) is 25.0 Å². The number of nitrogens with zero attached hydrogens (tertiary/aromatic N) is 1. The lowest BCUT2D eigenvalue weighted by Crippen LogP contribution is -2.41. The van der Waals surface area contributed by atoms with Gasteiger partial charge in [-0.25, -0.2) is 8.42 Å². The average molecular weight is 419 g/mol. The number of fused-ring (bicyclic) bond motifs is 1. The first kappa shape index (κ1) is 21.0. The van der Waals surface area contributed by atoms with Crippen molar-refractivity contribution in [2.24, 2.45) is 0 Å². The summed E-state index contributed by atoms with van der Waals surface area (Å²) in [6.45, 7) is 3.90. The third kappa shape index (κ3) is 5.41. The largest absolute Gasteiger partial charge is 0.454 e. The number of anilines is 1. The van der Waals surface area contributed by atoms with Crippen LogP contribution in [-0.2, 0) is 21.2 Å². The van der Waals surface area contributed by atoms with Gasteiger partial charge in [0.15, 0.2) is 11.5 Å². The number of amides is 1. The number of ether oxygens (including phenoxy) is 2. The molecule has 1 amide bonds. The van der Waals surface area contributed by atoms with E-state index in [1.54, 1.807) is 25.1 Å². The van der Waals surface area contributed by atoms with Gasteiger partial charge in [-0.05, 0) is 44.4 Å². The van der Waals surface area contributed by atoms with Gasteiger partial charge in [0.25, 0.3) is 0 Å². The van der Waals surface area contributed by atoms with E-state index >= 15 is 0 Å². The summed E-state index contributed by atoms with van der Waals surface area (Å²) in [7, 11) is -3.63. The van der Waals surface area contributed by atoms with Gasteiger partial charge in [-0.2, -0.15) is 0 Å². The fourth-order valence-corrected chi connectivity index (χ4v) is 4.18. The van der Waals surface area contributed by atoms with Crippen LogP contribution in [-0.4, -0.2) is 40.0 Å². The van der Waals surface area contributed by atoms with Crippen molar-refractivity contribution in [3.05, 3.63) is 53.6 Å². The molecule has 156 valence electrons. The highest BCUT2D eigenvalue weighted by atomic mass is 32.2. The Morgan fingerprint density at radius 3 is 2.69 bits per heavy atom. The van der Waals surface area contributed by atoms with Crippen LogP contribution in [0, 0.1) is 6.92 Å². The second kappa shape index (κ2) is 9.17. The summed E-state index contributed by atoms with van der Waals surface area (Å²) in [6.07, 6.45) is 1.63. The zero-order chi connectivity index (χ0) is 20.9. The van der Waals surface area contributed by atoms with E-state index in [1.165, 1.54) is 11.1 Å². The Kier molecular flexibility index (Phi) is 6.64. The number of aryl methyl sites for hydroxylation is 2. The maximum atomic E-state index is 12.6. The molecule has 7 nitrogen and oxygen atoms in total. The summed E-state index contributed by atoms with van der Waals surface area (Å²) in [5.74, 6) is 0.576. The predicted molar refractivity (Wildman–Crippen MR) is 112 cm³/mol. The molecule has 0 saturated carbocycles. The van der Waals surface area contributed by atoms with E-state index in [1.807, 2.05) is 19.1 Å². The quantitative estimate of drug-likeness (QED) is 0.633. The van der Waals surface area contributed by atoms with E-state index in [0.717, 1.165) is 17.1 Å². The molecule has 8 heteroatoms. The SMILES string of the molecule is CCS(=O)(=O)N(CC(=O)NCCCc1cccc(C)c1)c1ccc2c(c1)OCO2. The summed E-state index contributed by atoms with van der Waals surface area (Å²) in [4.78, 5) is 12.4. The van der Waals surface area contributed by atoms with Crippen LogP contribution in [0.1, 0.15) is 24.5 Å². The highest BCUT2D eigenvalue weighted by Gasteiger charge is 2.25. The van der Waals surface area contributed by atoms with Crippen LogP contribution < -0.4 is 19.1 Å². The van der Waals surface area contributed by atoms with Gasteiger partial charge < -0.3 is 14.8 Å². The Labute approximate surface area is 171 Å². The van der Waals surface area contributed by atoms with Crippen molar-refractivity contribution in [1.29, 1.82) is 0 Å². The Balaban J connectivity index is 1.60. The monoisotopic (exact) mass is 418 g/mol. The van der Waals surface area contributed by atoms with Crippen LogP contribution in [0.5, 0.6) is 11.5 Å². The molecule has 0 saturated heterocycles. The first-order valence-electron chi connectivity index (χ1n) is 9.61.